The molecule has 0 aromatic heterocycles. The number of fused-ring (bicyclic) bond motifs is 1. The van der Waals surface area contributed by atoms with Gasteiger partial charge in [-0.05, 0) is 61.3 Å². The zero-order chi connectivity index (χ0) is 24.4. The maximum atomic E-state index is 12.7. The lowest BCUT2D eigenvalue weighted by Crippen LogP contribution is -2.44. The molecule has 6 nitrogen and oxygen atoms in total. The molecule has 0 aliphatic carbocycles. The van der Waals surface area contributed by atoms with Crippen molar-refractivity contribution in [3.05, 3.63) is 47.0 Å². The van der Waals surface area contributed by atoms with Crippen LogP contribution in [0, 0.1) is 6.92 Å². The van der Waals surface area contributed by atoms with Gasteiger partial charge in [0.05, 0.1) is 7.11 Å². The number of carbonyl (C=O) groups excluding carboxylic acids is 1. The van der Waals surface area contributed by atoms with E-state index in [1.165, 1.54) is 7.11 Å². The second kappa shape index (κ2) is 9.67. The predicted octanol–water partition coefficient (Wildman–Crippen LogP) is 6.35. The first kappa shape index (κ1) is 25.0. The Labute approximate surface area is 198 Å². The summed E-state index contributed by atoms with van der Waals surface area (Å²) in [6.45, 7) is 15.5. The summed E-state index contributed by atoms with van der Waals surface area (Å²) >= 11 is 0. The topological polar surface area (TPSA) is 63.2 Å². The van der Waals surface area contributed by atoms with Crippen LogP contribution in [0.15, 0.2) is 30.3 Å². The van der Waals surface area contributed by atoms with Crippen LogP contribution in [-0.4, -0.2) is 28.2 Å². The van der Waals surface area contributed by atoms with E-state index in [1.807, 2.05) is 12.1 Å². The summed E-state index contributed by atoms with van der Waals surface area (Å²) in [5.41, 5.74) is 2.74. The van der Waals surface area contributed by atoms with Gasteiger partial charge < -0.3 is 23.4 Å². The van der Waals surface area contributed by atoms with Gasteiger partial charge in [-0.25, -0.2) is 4.79 Å². The Kier molecular flexibility index (Phi) is 7.31. The van der Waals surface area contributed by atoms with Crippen molar-refractivity contribution in [2.45, 2.75) is 71.7 Å². The summed E-state index contributed by atoms with van der Waals surface area (Å²) in [4.78, 5) is 12.7. The lowest BCUT2D eigenvalue weighted by atomic mass is 10.0. The van der Waals surface area contributed by atoms with Crippen LogP contribution in [0.4, 0.5) is 0 Å². The number of carbonyl (C=O) groups is 1. The van der Waals surface area contributed by atoms with Crippen molar-refractivity contribution in [1.29, 1.82) is 0 Å². The number of benzene rings is 2. The number of hydrogen-bond donors (Lipinski definition) is 0. The summed E-state index contributed by atoms with van der Waals surface area (Å²) in [6, 6.07) is 9.22. The van der Waals surface area contributed by atoms with Crippen molar-refractivity contribution in [2.75, 3.05) is 13.9 Å². The van der Waals surface area contributed by atoms with Crippen LogP contribution in [-0.2, 0) is 16.0 Å². The Bertz CT molecular complexity index is 1010. The predicted molar refractivity (Wildman–Crippen MR) is 131 cm³/mol. The maximum Gasteiger partial charge on any atom is 0.351 e. The lowest BCUT2D eigenvalue weighted by Gasteiger charge is -2.37. The van der Waals surface area contributed by atoms with Gasteiger partial charge in [-0.3, -0.25) is 0 Å². The number of ether oxygens (including phenoxy) is 4. The lowest BCUT2D eigenvalue weighted by molar-refractivity contribution is -0.149. The molecule has 33 heavy (non-hydrogen) atoms. The molecule has 2 aromatic rings. The fourth-order valence-corrected chi connectivity index (χ4v) is 4.56. The standard InChI is InChI=1S/C26H36O6Si/c1-9-10-19-17(2)20(32-33(7,8)26(3,4)5)13-14-21(19)31-24(25(27)28-6)18-11-12-22-23(15-18)30-16-29-22/h11-15,24H,9-10,16H2,1-8H3. The Hall–Kier alpha value is -2.67. The van der Waals surface area contributed by atoms with Crippen LogP contribution in [0.2, 0.25) is 18.1 Å². The van der Waals surface area contributed by atoms with E-state index in [2.05, 4.69) is 47.7 Å². The van der Waals surface area contributed by atoms with Crippen LogP contribution in [0.5, 0.6) is 23.0 Å². The summed E-state index contributed by atoms with van der Waals surface area (Å²) in [5, 5.41) is 0.0921. The first-order chi connectivity index (χ1) is 15.5. The SMILES string of the molecule is CCCc1c(OC(C(=O)OC)c2ccc3c(c2)OCO3)ccc(O[Si](C)(C)C(C)(C)C)c1C. The van der Waals surface area contributed by atoms with Crippen LogP contribution >= 0.6 is 0 Å². The van der Waals surface area contributed by atoms with Gasteiger partial charge in [0.1, 0.15) is 11.5 Å². The number of hydrogen-bond acceptors (Lipinski definition) is 6. The van der Waals surface area contributed by atoms with Crippen LogP contribution in [0.3, 0.4) is 0 Å². The van der Waals surface area contributed by atoms with Gasteiger partial charge in [0.15, 0.2) is 11.5 Å². The number of methoxy groups -OCH3 is 1. The van der Waals surface area contributed by atoms with E-state index < -0.39 is 20.4 Å². The third-order valence-corrected chi connectivity index (χ3v) is 10.9. The average molecular weight is 473 g/mol. The molecule has 0 amide bonds. The summed E-state index contributed by atoms with van der Waals surface area (Å²) in [6.07, 6.45) is 0.824. The second-order valence-electron chi connectivity index (χ2n) is 9.91. The molecule has 1 atom stereocenters. The monoisotopic (exact) mass is 472 g/mol. The molecule has 0 radical (unpaired) electrons. The molecule has 0 bridgehead atoms. The fourth-order valence-electron chi connectivity index (χ4n) is 3.48. The van der Waals surface area contributed by atoms with Crippen LogP contribution in [0.25, 0.3) is 0 Å². The minimum atomic E-state index is -2.00. The van der Waals surface area contributed by atoms with Gasteiger partial charge in [-0.15, -0.1) is 0 Å². The molecular weight excluding hydrogens is 436 g/mol. The van der Waals surface area contributed by atoms with E-state index in [-0.39, 0.29) is 11.8 Å². The van der Waals surface area contributed by atoms with Crippen molar-refractivity contribution in [2.24, 2.45) is 0 Å². The van der Waals surface area contributed by atoms with E-state index >= 15 is 0 Å². The molecule has 180 valence electrons. The van der Waals surface area contributed by atoms with E-state index in [0.29, 0.717) is 22.8 Å². The van der Waals surface area contributed by atoms with E-state index in [4.69, 9.17) is 23.4 Å². The minimum Gasteiger partial charge on any atom is -0.543 e. The molecule has 1 unspecified atom stereocenters. The molecule has 0 saturated carbocycles. The van der Waals surface area contributed by atoms with Gasteiger partial charge in [-0.2, -0.15) is 0 Å². The number of esters is 1. The summed E-state index contributed by atoms with van der Waals surface area (Å²) < 4.78 is 28.9. The molecule has 3 rings (SSSR count). The first-order valence-electron chi connectivity index (χ1n) is 11.4. The molecule has 1 aliphatic heterocycles. The quantitative estimate of drug-likeness (QED) is 0.329. The zero-order valence-corrected chi connectivity index (χ0v) is 22.0. The fraction of sp³-hybridized carbons (Fsp3) is 0.500. The largest absolute Gasteiger partial charge is 0.543 e. The van der Waals surface area contributed by atoms with Gasteiger partial charge in [0.25, 0.3) is 0 Å². The van der Waals surface area contributed by atoms with Crippen molar-refractivity contribution in [3.8, 4) is 23.0 Å². The Morgan fingerprint density at radius 3 is 2.39 bits per heavy atom. The van der Waals surface area contributed by atoms with Gasteiger partial charge in [0, 0.05) is 11.1 Å². The minimum absolute atomic E-state index is 0.0921. The van der Waals surface area contributed by atoms with Crippen molar-refractivity contribution in [3.63, 3.8) is 0 Å². The third kappa shape index (κ3) is 5.29. The zero-order valence-electron chi connectivity index (χ0n) is 21.0. The average Bonchev–Trinajstić information content (AvgIpc) is 3.22. The normalized spacial score (nSPS) is 14.1. The van der Waals surface area contributed by atoms with Crippen molar-refractivity contribution < 1.29 is 28.2 Å². The third-order valence-electron chi connectivity index (χ3n) is 6.54. The Morgan fingerprint density at radius 1 is 1.09 bits per heavy atom. The Morgan fingerprint density at radius 2 is 1.76 bits per heavy atom. The highest BCUT2D eigenvalue weighted by Gasteiger charge is 2.39. The van der Waals surface area contributed by atoms with Crippen molar-refractivity contribution in [1.82, 2.24) is 0 Å². The molecule has 0 N–H and O–H groups in total. The van der Waals surface area contributed by atoms with Gasteiger partial charge in [-0.1, -0.05) is 40.2 Å². The summed E-state index contributed by atoms with van der Waals surface area (Å²) in [5.74, 6) is 2.31. The van der Waals surface area contributed by atoms with Gasteiger partial charge in [0.2, 0.25) is 21.2 Å². The molecule has 7 heteroatoms. The number of rotatable bonds is 8. The van der Waals surface area contributed by atoms with E-state index in [9.17, 15) is 4.79 Å². The Balaban J connectivity index is 1.98. The highest BCUT2D eigenvalue weighted by molar-refractivity contribution is 6.74. The maximum absolute atomic E-state index is 12.7. The van der Waals surface area contributed by atoms with Crippen molar-refractivity contribution >= 4 is 14.3 Å². The molecule has 1 heterocycles. The molecule has 0 fully saturated rings. The highest BCUT2D eigenvalue weighted by atomic mass is 28.4. The van der Waals surface area contributed by atoms with Gasteiger partial charge >= 0.3 is 5.97 Å². The highest BCUT2D eigenvalue weighted by Crippen LogP contribution is 2.41. The van der Waals surface area contributed by atoms with E-state index in [1.54, 1.807) is 18.2 Å². The molecule has 0 spiro atoms. The summed E-state index contributed by atoms with van der Waals surface area (Å²) in [7, 11) is -0.638. The smallest absolute Gasteiger partial charge is 0.351 e. The molecular formula is C26H36O6Si. The molecule has 1 aliphatic rings. The first-order valence-corrected chi connectivity index (χ1v) is 14.3. The van der Waals surface area contributed by atoms with E-state index in [0.717, 1.165) is 29.7 Å². The molecule has 2 aromatic carbocycles. The molecule has 0 saturated heterocycles. The second-order valence-corrected chi connectivity index (χ2v) is 14.6. The van der Waals surface area contributed by atoms with Crippen LogP contribution < -0.4 is 18.6 Å². The van der Waals surface area contributed by atoms with Crippen LogP contribution in [0.1, 0.15) is 56.9 Å².